The normalized spacial score (nSPS) is 15.8. The van der Waals surface area contributed by atoms with Crippen LogP contribution < -0.4 is 10.2 Å². The lowest BCUT2D eigenvalue weighted by molar-refractivity contribution is 0.589. The topological polar surface area (TPSA) is 56.8 Å². The van der Waals surface area contributed by atoms with Gasteiger partial charge in [0.2, 0.25) is 0 Å². The lowest BCUT2D eigenvalue weighted by atomic mass is 10.1. The SMILES string of the molecule is CC(C)c1nc(-c2ccc(N3CCNCC3)cc2)n[nH]1. The molecule has 20 heavy (non-hydrogen) atoms. The predicted octanol–water partition coefficient (Wildman–Crippen LogP) is 2.00. The van der Waals surface area contributed by atoms with Crippen LogP contribution in [0.2, 0.25) is 0 Å². The van der Waals surface area contributed by atoms with Crippen LogP contribution in [0.1, 0.15) is 25.6 Å². The molecular weight excluding hydrogens is 250 g/mol. The third kappa shape index (κ3) is 2.67. The minimum Gasteiger partial charge on any atom is -0.369 e. The fourth-order valence-corrected chi connectivity index (χ4v) is 2.41. The Morgan fingerprint density at radius 3 is 2.40 bits per heavy atom. The van der Waals surface area contributed by atoms with Crippen molar-refractivity contribution in [3.8, 4) is 11.4 Å². The summed E-state index contributed by atoms with van der Waals surface area (Å²) in [5, 5.41) is 10.7. The molecule has 1 fully saturated rings. The number of hydrogen-bond acceptors (Lipinski definition) is 4. The summed E-state index contributed by atoms with van der Waals surface area (Å²) >= 11 is 0. The fraction of sp³-hybridized carbons (Fsp3) is 0.467. The van der Waals surface area contributed by atoms with E-state index in [1.165, 1.54) is 5.69 Å². The van der Waals surface area contributed by atoms with Gasteiger partial charge >= 0.3 is 0 Å². The van der Waals surface area contributed by atoms with Crippen LogP contribution in [0, 0.1) is 0 Å². The lowest BCUT2D eigenvalue weighted by Crippen LogP contribution is -2.43. The average molecular weight is 271 g/mol. The second-order valence-electron chi connectivity index (χ2n) is 5.48. The maximum absolute atomic E-state index is 4.53. The molecular formula is C15H21N5. The number of benzene rings is 1. The first-order chi connectivity index (χ1) is 9.74. The molecule has 0 spiro atoms. The number of H-pyrrole nitrogens is 1. The Morgan fingerprint density at radius 1 is 1.10 bits per heavy atom. The summed E-state index contributed by atoms with van der Waals surface area (Å²) in [5.41, 5.74) is 2.34. The number of hydrogen-bond donors (Lipinski definition) is 2. The molecule has 1 aromatic heterocycles. The molecule has 0 atom stereocenters. The van der Waals surface area contributed by atoms with Gasteiger partial charge in [-0.05, 0) is 24.3 Å². The molecule has 1 aliphatic rings. The third-order valence-corrected chi connectivity index (χ3v) is 3.66. The molecule has 1 aliphatic heterocycles. The number of nitrogens with one attached hydrogen (secondary N) is 2. The lowest BCUT2D eigenvalue weighted by Gasteiger charge is -2.29. The van der Waals surface area contributed by atoms with Crippen LogP contribution in [-0.4, -0.2) is 41.4 Å². The van der Waals surface area contributed by atoms with Crippen LogP contribution in [0.15, 0.2) is 24.3 Å². The van der Waals surface area contributed by atoms with E-state index >= 15 is 0 Å². The molecule has 106 valence electrons. The second kappa shape index (κ2) is 5.63. The Labute approximate surface area is 119 Å². The van der Waals surface area contributed by atoms with Crippen molar-refractivity contribution in [2.75, 3.05) is 31.1 Å². The van der Waals surface area contributed by atoms with E-state index in [1.807, 2.05) is 0 Å². The molecule has 1 aromatic carbocycles. The van der Waals surface area contributed by atoms with Crippen LogP contribution in [0.3, 0.4) is 0 Å². The minimum absolute atomic E-state index is 0.372. The highest BCUT2D eigenvalue weighted by Gasteiger charge is 2.12. The van der Waals surface area contributed by atoms with E-state index in [9.17, 15) is 0 Å². The summed E-state index contributed by atoms with van der Waals surface area (Å²) in [4.78, 5) is 6.93. The van der Waals surface area contributed by atoms with E-state index in [-0.39, 0.29) is 0 Å². The molecule has 2 heterocycles. The number of nitrogens with zero attached hydrogens (tertiary/aromatic N) is 3. The van der Waals surface area contributed by atoms with Gasteiger partial charge in [0.25, 0.3) is 0 Å². The van der Waals surface area contributed by atoms with Gasteiger partial charge in [-0.2, -0.15) is 5.10 Å². The molecule has 2 aromatic rings. The average Bonchev–Trinajstić information content (AvgIpc) is 2.98. The first-order valence-electron chi connectivity index (χ1n) is 7.22. The van der Waals surface area contributed by atoms with E-state index in [0.29, 0.717) is 5.92 Å². The van der Waals surface area contributed by atoms with Gasteiger partial charge in [0.1, 0.15) is 5.82 Å². The maximum Gasteiger partial charge on any atom is 0.181 e. The van der Waals surface area contributed by atoms with Crippen LogP contribution in [-0.2, 0) is 0 Å². The smallest absolute Gasteiger partial charge is 0.181 e. The van der Waals surface area contributed by atoms with Crippen LogP contribution in [0.5, 0.6) is 0 Å². The monoisotopic (exact) mass is 271 g/mol. The number of aromatic amines is 1. The Morgan fingerprint density at radius 2 is 1.80 bits per heavy atom. The van der Waals surface area contributed by atoms with Crippen molar-refractivity contribution in [3.05, 3.63) is 30.1 Å². The number of aromatic nitrogens is 3. The summed E-state index contributed by atoms with van der Waals surface area (Å²) in [7, 11) is 0. The molecule has 2 N–H and O–H groups in total. The van der Waals surface area contributed by atoms with Crippen molar-refractivity contribution in [2.45, 2.75) is 19.8 Å². The number of piperazine rings is 1. The molecule has 0 bridgehead atoms. The van der Waals surface area contributed by atoms with Gasteiger partial charge in [-0.15, -0.1) is 0 Å². The van der Waals surface area contributed by atoms with Crippen molar-refractivity contribution in [1.82, 2.24) is 20.5 Å². The van der Waals surface area contributed by atoms with Gasteiger partial charge in [0.15, 0.2) is 5.82 Å². The maximum atomic E-state index is 4.53. The van der Waals surface area contributed by atoms with Gasteiger partial charge in [-0.1, -0.05) is 13.8 Å². The van der Waals surface area contributed by atoms with Crippen LogP contribution in [0.4, 0.5) is 5.69 Å². The molecule has 0 saturated carbocycles. The Balaban J connectivity index is 1.77. The first-order valence-corrected chi connectivity index (χ1v) is 7.22. The predicted molar refractivity (Wildman–Crippen MR) is 81.0 cm³/mol. The largest absolute Gasteiger partial charge is 0.369 e. The Bertz CT molecular complexity index is 552. The zero-order valence-corrected chi connectivity index (χ0v) is 12.1. The summed E-state index contributed by atoms with van der Waals surface area (Å²) in [6.07, 6.45) is 0. The molecule has 0 radical (unpaired) electrons. The quantitative estimate of drug-likeness (QED) is 0.896. The van der Waals surface area contributed by atoms with Crippen LogP contribution in [0.25, 0.3) is 11.4 Å². The molecule has 3 rings (SSSR count). The standard InChI is InChI=1S/C15H21N5/c1-11(2)14-17-15(19-18-14)12-3-5-13(6-4-12)20-9-7-16-8-10-20/h3-6,11,16H,7-10H2,1-2H3,(H,17,18,19). The van der Waals surface area contributed by atoms with Crippen molar-refractivity contribution >= 4 is 5.69 Å². The second-order valence-corrected chi connectivity index (χ2v) is 5.48. The highest BCUT2D eigenvalue weighted by Crippen LogP contribution is 2.22. The molecule has 1 saturated heterocycles. The number of rotatable bonds is 3. The van der Waals surface area contributed by atoms with E-state index in [1.54, 1.807) is 0 Å². The third-order valence-electron chi connectivity index (χ3n) is 3.66. The van der Waals surface area contributed by atoms with E-state index in [4.69, 9.17) is 0 Å². The summed E-state index contributed by atoms with van der Waals surface area (Å²) in [6.45, 7) is 8.46. The molecule has 0 aliphatic carbocycles. The molecule has 5 nitrogen and oxygen atoms in total. The van der Waals surface area contributed by atoms with E-state index < -0.39 is 0 Å². The molecule has 0 amide bonds. The number of anilines is 1. The van der Waals surface area contributed by atoms with E-state index in [2.05, 4.69) is 63.5 Å². The Kier molecular flexibility index (Phi) is 3.69. The zero-order chi connectivity index (χ0) is 13.9. The zero-order valence-electron chi connectivity index (χ0n) is 12.1. The minimum atomic E-state index is 0.372. The van der Waals surface area contributed by atoms with Crippen molar-refractivity contribution < 1.29 is 0 Å². The van der Waals surface area contributed by atoms with Gasteiger partial charge in [-0.3, -0.25) is 5.10 Å². The van der Waals surface area contributed by atoms with Gasteiger partial charge in [-0.25, -0.2) is 4.98 Å². The molecule has 5 heteroatoms. The first kappa shape index (κ1) is 13.1. The fourth-order valence-electron chi connectivity index (χ4n) is 2.41. The van der Waals surface area contributed by atoms with Gasteiger partial charge in [0.05, 0.1) is 0 Å². The van der Waals surface area contributed by atoms with Crippen molar-refractivity contribution in [3.63, 3.8) is 0 Å². The van der Waals surface area contributed by atoms with Crippen molar-refractivity contribution in [2.24, 2.45) is 0 Å². The van der Waals surface area contributed by atoms with Crippen LogP contribution >= 0.6 is 0 Å². The van der Waals surface area contributed by atoms with Crippen molar-refractivity contribution in [1.29, 1.82) is 0 Å². The van der Waals surface area contributed by atoms with Gasteiger partial charge in [0, 0.05) is 43.3 Å². The summed E-state index contributed by atoms with van der Waals surface area (Å²) in [5.74, 6) is 2.09. The highest BCUT2D eigenvalue weighted by atomic mass is 15.2. The van der Waals surface area contributed by atoms with Gasteiger partial charge < -0.3 is 10.2 Å². The molecule has 0 unspecified atom stereocenters. The van der Waals surface area contributed by atoms with E-state index in [0.717, 1.165) is 43.4 Å². The summed E-state index contributed by atoms with van der Waals surface area (Å²) < 4.78 is 0. The Hall–Kier alpha value is -1.88. The summed E-state index contributed by atoms with van der Waals surface area (Å²) in [6, 6.07) is 8.52. The highest BCUT2D eigenvalue weighted by molar-refractivity contribution is 5.60.